The van der Waals surface area contributed by atoms with Gasteiger partial charge < -0.3 is 14.4 Å². The van der Waals surface area contributed by atoms with Gasteiger partial charge in [0.05, 0.1) is 11.2 Å². The molecule has 116 valence electrons. The van der Waals surface area contributed by atoms with Crippen LogP contribution in [0.2, 0.25) is 0 Å². The second-order valence-corrected chi connectivity index (χ2v) is 6.60. The van der Waals surface area contributed by atoms with Crippen molar-refractivity contribution < 1.29 is 25.2 Å². The van der Waals surface area contributed by atoms with Gasteiger partial charge in [0.15, 0.2) is 23.4 Å². The molecule has 22 heavy (non-hydrogen) atoms. The number of likely N-dealkylation sites (tertiary alicyclic amines) is 1. The van der Waals surface area contributed by atoms with Crippen molar-refractivity contribution in [3.63, 3.8) is 0 Å². The highest BCUT2D eigenvalue weighted by atomic mass is 16.5. The summed E-state index contributed by atoms with van der Waals surface area (Å²) in [7, 11) is -2.73. The van der Waals surface area contributed by atoms with E-state index in [0.717, 1.165) is 0 Å². The first-order valence-electron chi connectivity index (χ1n) is 11.6. The number of likely N-dealkylation sites (N-methyl/N-ethyl adjacent to an activating group) is 1. The predicted molar refractivity (Wildman–Crippen MR) is 81.6 cm³/mol. The fraction of sp³-hybridized carbons (Fsp3) is 0.611. The molecule has 0 aromatic heterocycles. The maximum atomic E-state index is 12.9. The standard InChI is InChI=1S/C18H21NO3/c1-19-8-7-18-11-4-5-13(20)17(18)22-16-14(21-2)6-3-10(15(16)18)9-12(11)19/h3,6,11-12,17H,4-5,7-9H2,1-2H3/t11-,12+,17?,18-/m0/s1/i1D3,2D3,9D2. The number of carbonyl (C=O) groups excluding carboxylic acids is 1. The van der Waals surface area contributed by atoms with Crippen LogP contribution in [-0.4, -0.2) is 43.4 Å². The molecule has 4 aliphatic rings. The number of methoxy groups -OCH3 is 1. The van der Waals surface area contributed by atoms with E-state index in [1.54, 1.807) is 0 Å². The van der Waals surface area contributed by atoms with Crippen LogP contribution in [0.4, 0.5) is 0 Å². The molecule has 2 heterocycles. The molecule has 4 nitrogen and oxygen atoms in total. The number of hydrogen-bond acceptors (Lipinski definition) is 4. The Hall–Kier alpha value is -1.55. The van der Waals surface area contributed by atoms with E-state index in [4.69, 9.17) is 20.4 Å². The number of rotatable bonds is 1. The van der Waals surface area contributed by atoms with Gasteiger partial charge in [-0.25, -0.2) is 0 Å². The number of ether oxygens (including phenoxy) is 2. The summed E-state index contributed by atoms with van der Waals surface area (Å²) in [5.41, 5.74) is -0.131. The van der Waals surface area contributed by atoms with Crippen LogP contribution in [0.3, 0.4) is 0 Å². The Kier molecular flexibility index (Phi) is 1.35. The number of nitrogens with zero attached hydrogens (tertiary/aromatic N) is 1. The molecule has 1 unspecified atom stereocenters. The minimum atomic E-state index is -2.73. The molecule has 4 atom stereocenters. The third-order valence-corrected chi connectivity index (χ3v) is 5.84. The second-order valence-electron chi connectivity index (χ2n) is 6.60. The molecule has 0 N–H and O–H groups in total. The zero-order chi connectivity index (χ0) is 21.9. The van der Waals surface area contributed by atoms with Gasteiger partial charge in [0, 0.05) is 30.3 Å². The van der Waals surface area contributed by atoms with Gasteiger partial charge in [-0.3, -0.25) is 4.79 Å². The van der Waals surface area contributed by atoms with Gasteiger partial charge in [-0.15, -0.1) is 0 Å². The largest absolute Gasteiger partial charge is 0.493 e. The van der Waals surface area contributed by atoms with E-state index < -0.39 is 43.9 Å². The fourth-order valence-corrected chi connectivity index (χ4v) is 5.00. The van der Waals surface area contributed by atoms with Crippen molar-refractivity contribution >= 4 is 5.78 Å². The molecule has 1 saturated heterocycles. The molecule has 2 fully saturated rings. The van der Waals surface area contributed by atoms with Crippen LogP contribution in [0, 0.1) is 5.92 Å². The second kappa shape index (κ2) is 4.05. The maximum absolute atomic E-state index is 12.9. The van der Waals surface area contributed by atoms with Crippen molar-refractivity contribution in [2.24, 2.45) is 5.92 Å². The van der Waals surface area contributed by atoms with E-state index >= 15 is 0 Å². The van der Waals surface area contributed by atoms with Crippen LogP contribution in [0.1, 0.15) is 41.4 Å². The Balaban J connectivity index is 1.78. The number of benzene rings is 1. The van der Waals surface area contributed by atoms with Gasteiger partial charge >= 0.3 is 0 Å². The van der Waals surface area contributed by atoms with Crippen molar-refractivity contribution in [2.45, 2.75) is 43.2 Å². The molecule has 4 heteroatoms. The molecule has 1 saturated carbocycles. The molecule has 0 amide bonds. The molecule has 1 aromatic carbocycles. The number of ketones is 1. The van der Waals surface area contributed by atoms with Crippen molar-refractivity contribution in [1.29, 1.82) is 0 Å². The van der Waals surface area contributed by atoms with Gasteiger partial charge in [0.1, 0.15) is 0 Å². The van der Waals surface area contributed by atoms with Gasteiger partial charge in [-0.2, -0.15) is 0 Å². The average molecular weight is 307 g/mol. The van der Waals surface area contributed by atoms with Crippen LogP contribution < -0.4 is 9.47 Å². The van der Waals surface area contributed by atoms with Gasteiger partial charge in [-0.1, -0.05) is 6.07 Å². The summed E-state index contributed by atoms with van der Waals surface area (Å²) in [4.78, 5) is 14.1. The Morgan fingerprint density at radius 1 is 1.55 bits per heavy atom. The topological polar surface area (TPSA) is 38.8 Å². The number of hydrogen-bond donors (Lipinski definition) is 0. The van der Waals surface area contributed by atoms with Gasteiger partial charge in [0.2, 0.25) is 0 Å². The van der Waals surface area contributed by atoms with E-state index in [9.17, 15) is 4.79 Å². The molecule has 2 aliphatic carbocycles. The summed E-state index contributed by atoms with van der Waals surface area (Å²) in [5, 5.41) is 0. The van der Waals surface area contributed by atoms with Crippen LogP contribution in [0.15, 0.2) is 12.1 Å². The lowest BCUT2D eigenvalue weighted by Gasteiger charge is -2.57. The summed E-state index contributed by atoms with van der Waals surface area (Å²) in [5.74, 6) is -0.506. The van der Waals surface area contributed by atoms with Crippen molar-refractivity contribution in [3.05, 3.63) is 23.3 Å². The Morgan fingerprint density at radius 3 is 3.36 bits per heavy atom. The van der Waals surface area contributed by atoms with E-state index in [1.807, 2.05) is 0 Å². The lowest BCUT2D eigenvalue weighted by Crippen LogP contribution is -2.65. The third-order valence-electron chi connectivity index (χ3n) is 5.84. The molecular formula is C18H21NO3. The summed E-state index contributed by atoms with van der Waals surface area (Å²) in [6.07, 6.45) is -2.07. The monoisotopic (exact) mass is 307 g/mol. The summed E-state index contributed by atoms with van der Waals surface area (Å²) in [6.45, 7) is -2.38. The van der Waals surface area contributed by atoms with E-state index in [1.165, 1.54) is 17.0 Å². The molecule has 2 aliphatic heterocycles. The number of Topliss-reactive ketones (excluding diaryl/α,β-unsaturated/α-hetero) is 1. The maximum Gasteiger partial charge on any atom is 0.174 e. The Morgan fingerprint density at radius 2 is 2.50 bits per heavy atom. The van der Waals surface area contributed by atoms with E-state index in [-0.39, 0.29) is 35.8 Å². The molecular weight excluding hydrogens is 278 g/mol. The average Bonchev–Trinajstić information content (AvgIpc) is 2.94. The van der Waals surface area contributed by atoms with Crippen molar-refractivity contribution in [2.75, 3.05) is 20.6 Å². The van der Waals surface area contributed by atoms with E-state index in [0.29, 0.717) is 18.4 Å². The zero-order valence-corrected chi connectivity index (χ0v) is 11.9. The summed E-state index contributed by atoms with van der Waals surface area (Å²) < 4.78 is 75.2. The summed E-state index contributed by atoms with van der Waals surface area (Å²) in [6, 6.07) is 1.86. The van der Waals surface area contributed by atoms with Gasteiger partial charge in [-0.05, 0) is 50.3 Å². The van der Waals surface area contributed by atoms with Crippen LogP contribution in [-0.2, 0) is 16.6 Å². The number of carbonyl (C=O) groups is 1. The normalized spacial score (nSPS) is 47.3. The van der Waals surface area contributed by atoms with Crippen LogP contribution in [0.5, 0.6) is 11.5 Å². The quantitative estimate of drug-likeness (QED) is 0.795. The molecule has 0 radical (unpaired) electrons. The van der Waals surface area contributed by atoms with Gasteiger partial charge in [0.25, 0.3) is 0 Å². The van der Waals surface area contributed by atoms with Crippen molar-refractivity contribution in [1.82, 2.24) is 4.90 Å². The first-order chi connectivity index (χ1) is 13.8. The Bertz CT molecular complexity index is 943. The van der Waals surface area contributed by atoms with Crippen molar-refractivity contribution in [3.8, 4) is 11.5 Å². The third kappa shape index (κ3) is 1.27. The smallest absolute Gasteiger partial charge is 0.174 e. The first-order valence-corrected chi connectivity index (χ1v) is 7.61. The highest BCUT2D eigenvalue weighted by Crippen LogP contribution is 2.62. The fourth-order valence-electron chi connectivity index (χ4n) is 5.00. The summed E-state index contributed by atoms with van der Waals surface area (Å²) >= 11 is 0. The highest BCUT2D eigenvalue weighted by Gasteiger charge is 2.65. The zero-order valence-electron chi connectivity index (χ0n) is 19.9. The highest BCUT2D eigenvalue weighted by molar-refractivity contribution is 5.89. The molecule has 5 rings (SSSR count). The Labute approximate surface area is 141 Å². The van der Waals surface area contributed by atoms with Crippen LogP contribution in [0.25, 0.3) is 0 Å². The lowest BCUT2D eigenvalue weighted by atomic mass is 9.52. The molecule has 1 spiro atoms. The number of piperidine rings is 1. The first kappa shape index (κ1) is 7.35. The van der Waals surface area contributed by atoms with E-state index in [2.05, 4.69) is 0 Å². The SMILES string of the molecule is [2H]C([2H])([2H])Oc1ccc2c3c1OC1C(=O)CC[C@H]4[C@H](N(C([2H])([2H])[2H])CC[C@]314)C2([2H])[2H]. The molecule has 1 aromatic rings. The predicted octanol–water partition coefficient (Wildman–Crippen LogP) is 1.93. The molecule has 2 bridgehead atoms. The lowest BCUT2D eigenvalue weighted by molar-refractivity contribution is -0.138. The minimum Gasteiger partial charge on any atom is -0.493 e. The minimum absolute atomic E-state index is 0.0448. The van der Waals surface area contributed by atoms with Crippen LogP contribution >= 0.6 is 0 Å².